The van der Waals surface area contributed by atoms with Gasteiger partial charge in [0.15, 0.2) is 0 Å². The van der Waals surface area contributed by atoms with Crippen LogP contribution in [0.15, 0.2) is 60.7 Å². The van der Waals surface area contributed by atoms with Crippen molar-refractivity contribution in [2.75, 3.05) is 7.11 Å². The average molecular weight is 701 g/mol. The number of carbonyl (C=O) groups excluding carboxylic acids is 1. The van der Waals surface area contributed by atoms with E-state index >= 15 is 0 Å². The molecule has 5 rings (SSSR count). The molecular formula is C37H34F6N2O5. The number of nitrogens with zero attached hydrogens (tertiary/aromatic N) is 2. The van der Waals surface area contributed by atoms with Crippen molar-refractivity contribution in [1.29, 1.82) is 0 Å². The molecule has 1 saturated heterocycles. The summed E-state index contributed by atoms with van der Waals surface area (Å²) in [6, 6.07) is 13.5. The number of carboxylic acid groups (broad SMARTS) is 1. The monoisotopic (exact) mass is 700 g/mol. The highest BCUT2D eigenvalue weighted by molar-refractivity contribution is 5.89. The van der Waals surface area contributed by atoms with E-state index in [1.807, 2.05) is 31.2 Å². The molecule has 0 aliphatic carbocycles. The molecule has 0 spiro atoms. The molecule has 1 aromatic heterocycles. The van der Waals surface area contributed by atoms with Crippen molar-refractivity contribution in [2.45, 2.75) is 71.6 Å². The molecule has 2 atom stereocenters. The van der Waals surface area contributed by atoms with Gasteiger partial charge in [-0.25, -0.2) is 9.59 Å². The number of halogens is 6. The van der Waals surface area contributed by atoms with E-state index in [1.54, 1.807) is 25.1 Å². The molecule has 0 bridgehead atoms. The first-order chi connectivity index (χ1) is 23.4. The molecule has 50 heavy (non-hydrogen) atoms. The highest BCUT2D eigenvalue weighted by Gasteiger charge is 2.45. The lowest BCUT2D eigenvalue weighted by molar-refractivity contribution is -0.143. The molecule has 1 amide bonds. The van der Waals surface area contributed by atoms with E-state index in [9.17, 15) is 41.0 Å². The summed E-state index contributed by atoms with van der Waals surface area (Å²) in [7, 11) is 1.49. The van der Waals surface area contributed by atoms with Crippen LogP contribution in [0.4, 0.5) is 31.1 Å². The van der Waals surface area contributed by atoms with Gasteiger partial charge in [0.2, 0.25) is 0 Å². The number of cyclic esters (lactones) is 1. The molecule has 1 aliphatic heterocycles. The van der Waals surface area contributed by atoms with Crippen molar-refractivity contribution < 1.29 is 50.5 Å². The quantitative estimate of drug-likeness (QED) is 0.175. The number of methoxy groups -OCH3 is 1. The third kappa shape index (κ3) is 7.12. The molecule has 0 saturated carbocycles. The van der Waals surface area contributed by atoms with Crippen molar-refractivity contribution in [2.24, 2.45) is 0 Å². The lowest BCUT2D eigenvalue weighted by atomic mass is 9.91. The molecule has 0 radical (unpaired) electrons. The summed E-state index contributed by atoms with van der Waals surface area (Å²) in [5, 5.41) is 9.41. The highest BCUT2D eigenvalue weighted by Crippen LogP contribution is 2.44. The number of ether oxygens (including phenoxy) is 2. The van der Waals surface area contributed by atoms with Gasteiger partial charge in [0.25, 0.3) is 0 Å². The molecule has 1 N–H and O–H groups in total. The summed E-state index contributed by atoms with van der Waals surface area (Å²) >= 11 is 0. The van der Waals surface area contributed by atoms with E-state index in [1.165, 1.54) is 25.0 Å². The van der Waals surface area contributed by atoms with E-state index in [0.717, 1.165) is 30.0 Å². The van der Waals surface area contributed by atoms with Gasteiger partial charge in [-0.05, 0) is 97.5 Å². The van der Waals surface area contributed by atoms with Gasteiger partial charge in [-0.15, -0.1) is 0 Å². The number of hydrogen-bond acceptors (Lipinski definition) is 5. The van der Waals surface area contributed by atoms with Gasteiger partial charge in [0.1, 0.15) is 11.9 Å². The van der Waals surface area contributed by atoms with Crippen molar-refractivity contribution in [3.63, 3.8) is 0 Å². The van der Waals surface area contributed by atoms with Crippen LogP contribution in [0.3, 0.4) is 0 Å². The number of hydrogen-bond donors (Lipinski definition) is 1. The third-order valence-corrected chi connectivity index (χ3v) is 8.91. The van der Waals surface area contributed by atoms with Crippen LogP contribution in [0, 0.1) is 13.8 Å². The zero-order valence-corrected chi connectivity index (χ0v) is 27.8. The van der Waals surface area contributed by atoms with Crippen LogP contribution in [0.2, 0.25) is 0 Å². The Hall–Kier alpha value is -5.07. The fourth-order valence-corrected chi connectivity index (χ4v) is 6.30. The lowest BCUT2D eigenvalue weighted by Gasteiger charge is -2.25. The van der Waals surface area contributed by atoms with Crippen molar-refractivity contribution in [3.8, 4) is 28.0 Å². The summed E-state index contributed by atoms with van der Waals surface area (Å²) in [6.45, 7) is 6.15. The number of carboxylic acids is 1. The fourth-order valence-electron chi connectivity index (χ4n) is 6.30. The minimum Gasteiger partial charge on any atom is -0.496 e. The van der Waals surface area contributed by atoms with E-state index in [-0.39, 0.29) is 23.7 Å². The van der Waals surface area contributed by atoms with Crippen LogP contribution in [-0.2, 0) is 30.1 Å². The Morgan fingerprint density at radius 2 is 1.64 bits per heavy atom. The minimum atomic E-state index is -5.07. The molecule has 0 unspecified atom stereocenters. The number of amides is 1. The number of carbonyl (C=O) groups is 2. The molecular weight excluding hydrogens is 666 g/mol. The predicted octanol–water partition coefficient (Wildman–Crippen LogP) is 9.81. The Bertz CT molecular complexity index is 1960. The van der Waals surface area contributed by atoms with Gasteiger partial charge in [0, 0.05) is 16.8 Å². The summed E-state index contributed by atoms with van der Waals surface area (Å²) in [4.78, 5) is 30.9. The van der Waals surface area contributed by atoms with Gasteiger partial charge < -0.3 is 14.6 Å². The first-order valence-electron chi connectivity index (χ1n) is 15.7. The summed E-state index contributed by atoms with van der Waals surface area (Å²) in [5.74, 6) is -0.590. The molecule has 1 fully saturated rings. The Balaban J connectivity index is 1.58. The maximum atomic E-state index is 13.9. The highest BCUT2D eigenvalue weighted by atomic mass is 19.4. The standard InChI is InChI=1S/C37H34F6N2O5/c1-6-7-25-10-12-27(29-15-22(9-13-32(29)49-5)26-11-8-23(34(46)47)14-19(26)2)31(44-25)18-45-21(4)33(50-35(45)48)28-16-24(36(38,39)40)17-30(20(28)3)37(41,42)43/h8-17,21,33H,6-7,18H2,1-5H3,(H,46,47)/t21-,33-/m0/s1. The normalized spacial score (nSPS) is 16.5. The molecule has 3 aromatic carbocycles. The van der Waals surface area contributed by atoms with Crippen LogP contribution in [-0.4, -0.2) is 40.2 Å². The van der Waals surface area contributed by atoms with E-state index in [4.69, 9.17) is 14.5 Å². The van der Waals surface area contributed by atoms with E-state index in [0.29, 0.717) is 40.8 Å². The number of rotatable bonds is 9. The molecule has 1 aliphatic rings. The Labute approximate surface area is 284 Å². The van der Waals surface area contributed by atoms with Gasteiger partial charge in [-0.1, -0.05) is 31.5 Å². The Morgan fingerprint density at radius 1 is 0.940 bits per heavy atom. The second-order valence-electron chi connectivity index (χ2n) is 12.2. The van der Waals surface area contributed by atoms with Crippen LogP contribution < -0.4 is 4.74 Å². The Morgan fingerprint density at radius 3 is 2.24 bits per heavy atom. The maximum Gasteiger partial charge on any atom is 0.416 e. The van der Waals surface area contributed by atoms with Gasteiger partial charge in [-0.3, -0.25) is 9.88 Å². The average Bonchev–Trinajstić information content (AvgIpc) is 3.32. The number of pyridine rings is 1. The smallest absolute Gasteiger partial charge is 0.416 e. The van der Waals surface area contributed by atoms with Crippen molar-refractivity contribution in [1.82, 2.24) is 9.88 Å². The minimum absolute atomic E-state index is 0.0664. The molecule has 13 heteroatoms. The SMILES string of the molecule is CCCc1ccc(-c2cc(-c3ccc(C(=O)O)cc3C)ccc2OC)c(CN2C(=O)O[C@H](c3cc(C(F)(F)F)cc(C(F)(F)F)c3C)[C@@H]2C)n1. The number of aromatic carboxylic acids is 1. The van der Waals surface area contributed by atoms with Crippen LogP contribution in [0.5, 0.6) is 5.75 Å². The van der Waals surface area contributed by atoms with Crippen LogP contribution >= 0.6 is 0 Å². The molecule has 7 nitrogen and oxygen atoms in total. The largest absolute Gasteiger partial charge is 0.496 e. The van der Waals surface area contributed by atoms with Gasteiger partial charge >= 0.3 is 24.4 Å². The first kappa shape index (κ1) is 36.2. The number of benzene rings is 3. The Kier molecular flexibility index (Phi) is 9.91. The van der Waals surface area contributed by atoms with Gasteiger partial charge in [-0.2, -0.15) is 26.3 Å². The predicted molar refractivity (Wildman–Crippen MR) is 173 cm³/mol. The van der Waals surface area contributed by atoms with Gasteiger partial charge in [0.05, 0.1) is 42.1 Å². The topological polar surface area (TPSA) is 89.0 Å². The lowest BCUT2D eigenvalue weighted by Crippen LogP contribution is -2.32. The molecule has 264 valence electrons. The number of aryl methyl sites for hydroxylation is 2. The summed E-state index contributed by atoms with van der Waals surface area (Å²) in [6.07, 6.45) is -11.1. The summed E-state index contributed by atoms with van der Waals surface area (Å²) in [5.41, 5.74) is 0.845. The second-order valence-corrected chi connectivity index (χ2v) is 12.2. The van der Waals surface area contributed by atoms with Crippen LogP contribution in [0.1, 0.15) is 75.9 Å². The maximum absolute atomic E-state index is 13.9. The van der Waals surface area contributed by atoms with Crippen molar-refractivity contribution in [3.05, 3.63) is 105 Å². The zero-order valence-electron chi connectivity index (χ0n) is 27.8. The number of alkyl halides is 6. The first-order valence-corrected chi connectivity index (χ1v) is 15.7. The summed E-state index contributed by atoms with van der Waals surface area (Å²) < 4.78 is 94.0. The van der Waals surface area contributed by atoms with E-state index < -0.39 is 53.3 Å². The van der Waals surface area contributed by atoms with Crippen LogP contribution in [0.25, 0.3) is 22.3 Å². The second kappa shape index (κ2) is 13.7. The van der Waals surface area contributed by atoms with E-state index in [2.05, 4.69) is 0 Å². The number of aromatic nitrogens is 1. The zero-order chi connectivity index (χ0) is 36.7. The fraction of sp³-hybridized carbons (Fsp3) is 0.324. The molecule has 2 heterocycles. The molecule has 4 aromatic rings. The van der Waals surface area contributed by atoms with Crippen molar-refractivity contribution >= 4 is 12.1 Å². The third-order valence-electron chi connectivity index (χ3n) is 8.91.